The Hall–Kier alpha value is -1.36. The maximum atomic E-state index is 13.3. The summed E-state index contributed by atoms with van der Waals surface area (Å²) in [5.41, 5.74) is 0. The summed E-state index contributed by atoms with van der Waals surface area (Å²) in [7, 11) is 0. The Balaban J connectivity index is 1.64. The van der Waals surface area contributed by atoms with Gasteiger partial charge in [0.15, 0.2) is 5.13 Å². The van der Waals surface area contributed by atoms with E-state index < -0.39 is 22.9 Å². The zero-order chi connectivity index (χ0) is 22.2. The summed E-state index contributed by atoms with van der Waals surface area (Å²) in [6.45, 7) is 2.90. The highest BCUT2D eigenvalue weighted by atomic mass is 32.2. The number of nitrogens with zero attached hydrogens (tertiary/aromatic N) is 2. The SMILES string of the molecule is CCCO[C@H]1CC[C@H](N(C(=O)Nc2ncc([S@@+]([O-])CC(=O)O)s2)C2CCCCC2)CC1. The van der Waals surface area contributed by atoms with Gasteiger partial charge in [-0.25, -0.2) is 14.6 Å². The van der Waals surface area contributed by atoms with E-state index in [1.54, 1.807) is 0 Å². The van der Waals surface area contributed by atoms with Crippen molar-refractivity contribution in [3.63, 3.8) is 0 Å². The van der Waals surface area contributed by atoms with Crippen LogP contribution in [0.15, 0.2) is 10.4 Å². The Morgan fingerprint density at radius 3 is 2.55 bits per heavy atom. The molecule has 174 valence electrons. The molecule has 1 heterocycles. The lowest BCUT2D eigenvalue weighted by molar-refractivity contribution is -0.134. The minimum absolute atomic E-state index is 0.158. The van der Waals surface area contributed by atoms with Gasteiger partial charge in [0.1, 0.15) is 0 Å². The molecule has 2 fully saturated rings. The summed E-state index contributed by atoms with van der Waals surface area (Å²) in [4.78, 5) is 30.3. The molecule has 0 unspecified atom stereocenters. The van der Waals surface area contributed by atoms with Crippen molar-refractivity contribution in [2.45, 2.75) is 93.5 Å². The third kappa shape index (κ3) is 7.06. The van der Waals surface area contributed by atoms with E-state index in [4.69, 9.17) is 9.84 Å². The van der Waals surface area contributed by atoms with Crippen LogP contribution in [0.1, 0.15) is 71.1 Å². The van der Waals surface area contributed by atoms with Gasteiger partial charge in [0.2, 0.25) is 9.96 Å². The average molecular weight is 472 g/mol. The molecule has 0 spiro atoms. The fourth-order valence-corrected chi connectivity index (χ4v) is 6.39. The molecule has 0 radical (unpaired) electrons. The monoisotopic (exact) mass is 471 g/mol. The van der Waals surface area contributed by atoms with Crippen LogP contribution in [-0.2, 0) is 20.7 Å². The van der Waals surface area contributed by atoms with Crippen LogP contribution >= 0.6 is 11.3 Å². The molecule has 0 saturated heterocycles. The van der Waals surface area contributed by atoms with Crippen molar-refractivity contribution in [1.29, 1.82) is 0 Å². The number of rotatable bonds is 9. The van der Waals surface area contributed by atoms with E-state index in [9.17, 15) is 14.1 Å². The number of hydrogen-bond donors (Lipinski definition) is 2. The van der Waals surface area contributed by atoms with Crippen molar-refractivity contribution in [2.75, 3.05) is 17.7 Å². The first kappa shape index (κ1) is 24.3. The van der Waals surface area contributed by atoms with Gasteiger partial charge >= 0.3 is 12.0 Å². The van der Waals surface area contributed by atoms with Gasteiger partial charge in [-0.3, -0.25) is 5.32 Å². The smallest absolute Gasteiger partial charge is 0.354 e. The zero-order valence-corrected chi connectivity index (χ0v) is 19.7. The van der Waals surface area contributed by atoms with Crippen molar-refractivity contribution in [3.05, 3.63) is 6.20 Å². The van der Waals surface area contributed by atoms with Crippen LogP contribution in [0.3, 0.4) is 0 Å². The number of ether oxygens (including phenoxy) is 1. The molecular formula is C21H33N3O5S2. The molecule has 31 heavy (non-hydrogen) atoms. The Bertz CT molecular complexity index is 718. The van der Waals surface area contributed by atoms with E-state index >= 15 is 0 Å². The van der Waals surface area contributed by atoms with Gasteiger partial charge in [0.25, 0.3) is 0 Å². The van der Waals surface area contributed by atoms with E-state index in [-0.39, 0.29) is 18.1 Å². The summed E-state index contributed by atoms with van der Waals surface area (Å²) in [6.07, 6.45) is 12.0. The van der Waals surface area contributed by atoms with Crippen molar-refractivity contribution in [2.24, 2.45) is 0 Å². The average Bonchev–Trinajstić information content (AvgIpc) is 3.22. The molecule has 2 aliphatic rings. The van der Waals surface area contributed by atoms with Crippen molar-refractivity contribution < 1.29 is 24.0 Å². The lowest BCUT2D eigenvalue weighted by Gasteiger charge is -2.42. The molecule has 0 bridgehead atoms. The Morgan fingerprint density at radius 1 is 1.23 bits per heavy atom. The predicted molar refractivity (Wildman–Crippen MR) is 121 cm³/mol. The summed E-state index contributed by atoms with van der Waals surface area (Å²) in [5, 5.41) is 12.1. The fraction of sp³-hybridized carbons (Fsp3) is 0.762. The van der Waals surface area contributed by atoms with Gasteiger partial charge in [-0.15, -0.1) is 0 Å². The first-order chi connectivity index (χ1) is 15.0. The number of aliphatic carboxylic acids is 1. The maximum Gasteiger partial charge on any atom is 0.354 e. The molecule has 2 aliphatic carbocycles. The highest BCUT2D eigenvalue weighted by molar-refractivity contribution is 7.94. The third-order valence-corrected chi connectivity index (χ3v) is 8.55. The van der Waals surface area contributed by atoms with Gasteiger partial charge in [-0.2, -0.15) is 0 Å². The number of carboxylic acid groups (broad SMARTS) is 1. The molecule has 1 atom stereocenters. The number of carboxylic acids is 1. The minimum atomic E-state index is -1.66. The van der Waals surface area contributed by atoms with Gasteiger partial charge in [-0.1, -0.05) is 26.2 Å². The highest BCUT2D eigenvalue weighted by Crippen LogP contribution is 2.32. The summed E-state index contributed by atoms with van der Waals surface area (Å²) in [6, 6.07) is 0.257. The van der Waals surface area contributed by atoms with Crippen LogP contribution in [0.5, 0.6) is 0 Å². The lowest BCUT2D eigenvalue weighted by Crippen LogP contribution is -2.51. The molecule has 10 heteroatoms. The molecule has 2 amide bonds. The van der Waals surface area contributed by atoms with Crippen molar-refractivity contribution in [1.82, 2.24) is 9.88 Å². The van der Waals surface area contributed by atoms with E-state index in [1.165, 1.54) is 12.6 Å². The maximum absolute atomic E-state index is 13.3. The number of nitrogens with one attached hydrogen (secondary N) is 1. The zero-order valence-electron chi connectivity index (χ0n) is 18.1. The number of thiazole rings is 1. The number of hydrogen-bond acceptors (Lipinski definition) is 6. The van der Waals surface area contributed by atoms with Gasteiger partial charge in [0, 0.05) is 29.9 Å². The second-order valence-electron chi connectivity index (χ2n) is 8.30. The number of aromatic nitrogens is 1. The highest BCUT2D eigenvalue weighted by Gasteiger charge is 2.35. The second kappa shape index (κ2) is 12.0. The molecular weight excluding hydrogens is 438 g/mol. The third-order valence-electron chi connectivity index (χ3n) is 5.97. The van der Waals surface area contributed by atoms with Gasteiger partial charge in [0.05, 0.1) is 12.3 Å². The topological polar surface area (TPSA) is 115 Å². The number of amides is 2. The van der Waals surface area contributed by atoms with Crippen LogP contribution in [0.25, 0.3) is 0 Å². The van der Waals surface area contributed by atoms with Crippen molar-refractivity contribution in [3.8, 4) is 0 Å². The summed E-state index contributed by atoms with van der Waals surface area (Å²) < 4.78 is 18.3. The summed E-state index contributed by atoms with van der Waals surface area (Å²) >= 11 is -0.578. The number of carbonyl (C=O) groups excluding carboxylic acids is 1. The number of anilines is 1. The first-order valence-corrected chi connectivity index (χ1v) is 13.4. The van der Waals surface area contributed by atoms with Crippen molar-refractivity contribution >= 4 is 39.6 Å². The first-order valence-electron chi connectivity index (χ1n) is 11.2. The molecule has 8 nitrogen and oxygen atoms in total. The molecule has 3 rings (SSSR count). The lowest BCUT2D eigenvalue weighted by atomic mass is 9.88. The summed E-state index contributed by atoms with van der Waals surface area (Å²) in [5.74, 6) is -1.59. The van der Waals surface area contributed by atoms with Crippen LogP contribution < -0.4 is 5.32 Å². The van der Waals surface area contributed by atoms with Gasteiger partial charge < -0.3 is 19.3 Å². The van der Waals surface area contributed by atoms with E-state index in [2.05, 4.69) is 17.2 Å². The van der Waals surface area contributed by atoms with Crippen LogP contribution in [-0.4, -0.2) is 62.1 Å². The Morgan fingerprint density at radius 2 is 1.90 bits per heavy atom. The normalized spacial score (nSPS) is 23.3. The fourth-order valence-electron chi connectivity index (χ4n) is 4.53. The second-order valence-corrected chi connectivity index (χ2v) is 11.0. The number of carbonyl (C=O) groups is 2. The molecule has 2 saturated carbocycles. The van der Waals surface area contributed by atoms with Crippen LogP contribution in [0.2, 0.25) is 0 Å². The van der Waals surface area contributed by atoms with E-state index in [1.807, 2.05) is 4.90 Å². The molecule has 1 aromatic heterocycles. The standard InChI is InChI=1S/C21H33N3O5S2/c1-2-12-29-17-10-8-16(9-11-17)24(15-6-4-3-5-7-15)21(27)23-20-22-13-19(30-20)31(28)14-18(25)26/h13,15-17H,2-12,14H2,1H3,(H,25,26)(H,22,23,27)/t16-,17-,31-/m0/s1. The molecule has 1 aromatic rings. The quantitative estimate of drug-likeness (QED) is 0.521. The molecule has 0 aromatic carbocycles. The van der Waals surface area contributed by atoms with E-state index in [0.717, 1.165) is 75.7 Å². The van der Waals surface area contributed by atoms with Crippen LogP contribution in [0, 0.1) is 0 Å². The minimum Gasteiger partial charge on any atom is -0.610 e. The molecule has 2 N–H and O–H groups in total. The van der Waals surface area contributed by atoms with Gasteiger partial charge in [-0.05, 0) is 56.3 Å². The predicted octanol–water partition coefficient (Wildman–Crippen LogP) is 4.24. The number of urea groups is 1. The van der Waals surface area contributed by atoms with E-state index in [0.29, 0.717) is 15.4 Å². The largest absolute Gasteiger partial charge is 0.610 e. The molecule has 0 aliphatic heterocycles. The van der Waals surface area contributed by atoms with Crippen LogP contribution in [0.4, 0.5) is 9.93 Å². The Labute approximate surface area is 190 Å². The Kier molecular flexibility index (Phi) is 9.43.